The molecule has 1 aliphatic carbocycles. The highest BCUT2D eigenvalue weighted by Gasteiger charge is 2.17. The Balaban J connectivity index is 1.91. The molecule has 1 aromatic carbocycles. The molecule has 2 rings (SSSR count). The molecule has 2 unspecified atom stereocenters. The molecule has 118 valence electrons. The minimum atomic E-state index is -3.61. The maximum absolute atomic E-state index is 11.4. The monoisotopic (exact) mass is 310 g/mol. The van der Waals surface area contributed by atoms with Gasteiger partial charge in [0.25, 0.3) is 0 Å². The van der Waals surface area contributed by atoms with E-state index in [2.05, 4.69) is 12.2 Å². The van der Waals surface area contributed by atoms with Crippen molar-refractivity contribution >= 4 is 10.0 Å². The van der Waals surface area contributed by atoms with Crippen LogP contribution in [0.1, 0.15) is 51.0 Å². The molecular weight excluding hydrogens is 284 g/mol. The third kappa shape index (κ3) is 5.09. The minimum Gasteiger partial charge on any atom is -0.310 e. The van der Waals surface area contributed by atoms with E-state index in [-0.39, 0.29) is 4.90 Å². The third-order valence-corrected chi connectivity index (χ3v) is 5.40. The van der Waals surface area contributed by atoms with Gasteiger partial charge in [-0.2, -0.15) is 0 Å². The van der Waals surface area contributed by atoms with Gasteiger partial charge >= 0.3 is 0 Å². The number of sulfonamides is 1. The molecule has 0 radical (unpaired) electrons. The normalized spacial score (nSPS) is 23.7. The largest absolute Gasteiger partial charge is 0.310 e. The van der Waals surface area contributed by atoms with E-state index in [1.54, 1.807) is 12.1 Å². The van der Waals surface area contributed by atoms with Crippen LogP contribution in [-0.4, -0.2) is 14.5 Å². The Labute approximate surface area is 128 Å². The fourth-order valence-corrected chi connectivity index (χ4v) is 3.67. The van der Waals surface area contributed by atoms with Gasteiger partial charge in [-0.15, -0.1) is 0 Å². The van der Waals surface area contributed by atoms with Gasteiger partial charge in [0.2, 0.25) is 10.0 Å². The lowest BCUT2D eigenvalue weighted by Gasteiger charge is -2.17. The van der Waals surface area contributed by atoms with Crippen LogP contribution < -0.4 is 10.5 Å². The summed E-state index contributed by atoms with van der Waals surface area (Å²) >= 11 is 0. The van der Waals surface area contributed by atoms with Gasteiger partial charge in [0, 0.05) is 12.6 Å². The van der Waals surface area contributed by atoms with Crippen LogP contribution >= 0.6 is 0 Å². The Hall–Kier alpha value is -0.910. The lowest BCUT2D eigenvalue weighted by molar-refractivity contribution is 0.425. The minimum absolute atomic E-state index is 0.189. The Kier molecular flexibility index (Phi) is 5.79. The molecule has 0 amide bonds. The number of hydrogen-bond donors (Lipinski definition) is 2. The van der Waals surface area contributed by atoms with E-state index < -0.39 is 10.0 Å². The molecule has 3 N–H and O–H groups in total. The van der Waals surface area contributed by atoms with E-state index in [1.807, 2.05) is 6.07 Å². The smallest absolute Gasteiger partial charge is 0.238 e. The van der Waals surface area contributed by atoms with Crippen molar-refractivity contribution in [1.29, 1.82) is 0 Å². The summed E-state index contributed by atoms with van der Waals surface area (Å²) in [5, 5.41) is 8.73. The summed E-state index contributed by atoms with van der Waals surface area (Å²) in [5.41, 5.74) is 0.970. The maximum Gasteiger partial charge on any atom is 0.238 e. The SMILES string of the molecule is CCC1CCCC(NCc2cccc(S(N)(=O)=O)c2)CC1. The fourth-order valence-electron chi connectivity index (χ4n) is 3.09. The molecule has 0 heterocycles. The van der Waals surface area contributed by atoms with E-state index in [4.69, 9.17) is 5.14 Å². The van der Waals surface area contributed by atoms with Gasteiger partial charge in [-0.05, 0) is 42.9 Å². The van der Waals surface area contributed by atoms with Crippen molar-refractivity contribution in [2.45, 2.75) is 62.9 Å². The van der Waals surface area contributed by atoms with Crippen LogP contribution in [0.5, 0.6) is 0 Å². The number of hydrogen-bond acceptors (Lipinski definition) is 3. The van der Waals surface area contributed by atoms with Gasteiger partial charge in [0.05, 0.1) is 4.90 Å². The Bertz CT molecular complexity index is 557. The molecule has 4 nitrogen and oxygen atoms in total. The average molecular weight is 310 g/mol. The number of benzene rings is 1. The molecule has 0 aliphatic heterocycles. The molecule has 1 saturated carbocycles. The van der Waals surface area contributed by atoms with E-state index in [9.17, 15) is 8.42 Å². The van der Waals surface area contributed by atoms with Crippen LogP contribution in [0.25, 0.3) is 0 Å². The standard InChI is InChI=1S/C16H26N2O2S/c1-2-13-5-3-7-15(10-9-13)18-12-14-6-4-8-16(11-14)21(17,19)20/h4,6,8,11,13,15,18H,2-3,5,7,9-10,12H2,1H3,(H2,17,19,20). The second kappa shape index (κ2) is 7.38. The Morgan fingerprint density at radius 3 is 2.76 bits per heavy atom. The zero-order chi connectivity index (χ0) is 15.3. The first-order valence-corrected chi connectivity index (χ1v) is 9.38. The first-order valence-electron chi connectivity index (χ1n) is 7.84. The van der Waals surface area contributed by atoms with Crippen LogP contribution in [0.3, 0.4) is 0 Å². The highest BCUT2D eigenvalue weighted by atomic mass is 32.2. The van der Waals surface area contributed by atoms with E-state index in [0.717, 1.165) is 11.5 Å². The van der Waals surface area contributed by atoms with Gasteiger partial charge < -0.3 is 5.32 Å². The topological polar surface area (TPSA) is 72.2 Å². The Morgan fingerprint density at radius 1 is 1.24 bits per heavy atom. The lowest BCUT2D eigenvalue weighted by Crippen LogP contribution is -2.28. The second-order valence-corrected chi connectivity index (χ2v) is 7.61. The number of primary sulfonamides is 1. The van der Waals surface area contributed by atoms with Crippen molar-refractivity contribution < 1.29 is 8.42 Å². The maximum atomic E-state index is 11.4. The van der Waals surface area contributed by atoms with Crippen molar-refractivity contribution in [3.05, 3.63) is 29.8 Å². The van der Waals surface area contributed by atoms with E-state index >= 15 is 0 Å². The molecule has 21 heavy (non-hydrogen) atoms. The Morgan fingerprint density at radius 2 is 2.05 bits per heavy atom. The van der Waals surface area contributed by atoms with Crippen molar-refractivity contribution in [3.63, 3.8) is 0 Å². The van der Waals surface area contributed by atoms with E-state index in [0.29, 0.717) is 12.6 Å². The molecule has 0 bridgehead atoms. The summed E-state index contributed by atoms with van der Waals surface area (Å²) < 4.78 is 22.7. The zero-order valence-corrected chi connectivity index (χ0v) is 13.5. The molecule has 2 atom stereocenters. The molecule has 5 heteroatoms. The highest BCUT2D eigenvalue weighted by Crippen LogP contribution is 2.25. The van der Waals surface area contributed by atoms with Crippen LogP contribution in [-0.2, 0) is 16.6 Å². The first-order chi connectivity index (χ1) is 9.99. The molecule has 0 spiro atoms. The fraction of sp³-hybridized carbons (Fsp3) is 0.625. The third-order valence-electron chi connectivity index (χ3n) is 4.49. The number of nitrogens with one attached hydrogen (secondary N) is 1. The van der Waals surface area contributed by atoms with E-state index in [1.165, 1.54) is 44.6 Å². The summed E-state index contributed by atoms with van der Waals surface area (Å²) in [6.45, 7) is 2.97. The van der Waals surface area contributed by atoms with Crippen molar-refractivity contribution in [3.8, 4) is 0 Å². The van der Waals surface area contributed by atoms with Crippen molar-refractivity contribution in [2.75, 3.05) is 0 Å². The zero-order valence-electron chi connectivity index (χ0n) is 12.7. The van der Waals surface area contributed by atoms with Crippen molar-refractivity contribution in [2.24, 2.45) is 11.1 Å². The molecule has 0 saturated heterocycles. The second-order valence-electron chi connectivity index (χ2n) is 6.05. The van der Waals surface area contributed by atoms with Gasteiger partial charge in [-0.25, -0.2) is 13.6 Å². The van der Waals surface area contributed by atoms with Crippen LogP contribution in [0.2, 0.25) is 0 Å². The summed E-state index contributed by atoms with van der Waals surface area (Å²) in [6, 6.07) is 7.42. The predicted octanol–water partition coefficient (Wildman–Crippen LogP) is 2.78. The van der Waals surface area contributed by atoms with Crippen LogP contribution in [0, 0.1) is 5.92 Å². The van der Waals surface area contributed by atoms with Crippen LogP contribution in [0.4, 0.5) is 0 Å². The predicted molar refractivity (Wildman–Crippen MR) is 85.3 cm³/mol. The molecule has 1 aliphatic rings. The molecular formula is C16H26N2O2S. The first kappa shape index (κ1) is 16.5. The van der Waals surface area contributed by atoms with Gasteiger partial charge in [0.1, 0.15) is 0 Å². The van der Waals surface area contributed by atoms with Gasteiger partial charge in [0.15, 0.2) is 0 Å². The van der Waals surface area contributed by atoms with Crippen LogP contribution in [0.15, 0.2) is 29.2 Å². The summed E-state index contributed by atoms with van der Waals surface area (Å²) in [4.78, 5) is 0.189. The number of nitrogens with two attached hydrogens (primary N) is 1. The van der Waals surface area contributed by atoms with Gasteiger partial charge in [-0.1, -0.05) is 38.3 Å². The molecule has 1 fully saturated rings. The number of rotatable bonds is 5. The molecule has 1 aromatic rings. The summed E-state index contributed by atoms with van der Waals surface area (Å²) in [5.74, 6) is 0.877. The molecule has 0 aromatic heterocycles. The van der Waals surface area contributed by atoms with Gasteiger partial charge in [-0.3, -0.25) is 0 Å². The summed E-state index contributed by atoms with van der Waals surface area (Å²) in [7, 11) is -3.61. The quantitative estimate of drug-likeness (QED) is 0.821. The lowest BCUT2D eigenvalue weighted by atomic mass is 9.98. The summed E-state index contributed by atoms with van der Waals surface area (Å²) in [6.07, 6.45) is 7.64. The average Bonchev–Trinajstić information content (AvgIpc) is 2.69. The highest BCUT2D eigenvalue weighted by molar-refractivity contribution is 7.89. The van der Waals surface area contributed by atoms with Crippen molar-refractivity contribution in [1.82, 2.24) is 5.32 Å².